The van der Waals surface area contributed by atoms with E-state index < -0.39 is 27.3 Å². The molecule has 0 bridgehead atoms. The van der Waals surface area contributed by atoms with Gasteiger partial charge in [-0.1, -0.05) is 45.0 Å². The molecule has 34 heavy (non-hydrogen) atoms. The lowest BCUT2D eigenvalue weighted by Crippen LogP contribution is -2.50. The summed E-state index contributed by atoms with van der Waals surface area (Å²) in [5, 5.41) is 8.97. The lowest BCUT2D eigenvalue weighted by Gasteiger charge is -2.31. The highest BCUT2D eigenvalue weighted by Gasteiger charge is 2.37. The second kappa shape index (κ2) is 13.2. The van der Waals surface area contributed by atoms with Gasteiger partial charge in [-0.15, -0.1) is 0 Å². The third-order valence-corrected chi connectivity index (χ3v) is 7.46. The predicted octanol–water partition coefficient (Wildman–Crippen LogP) is 1.39. The second-order valence-electron chi connectivity index (χ2n) is 9.57. The van der Waals surface area contributed by atoms with Gasteiger partial charge in [0, 0.05) is 12.5 Å². The minimum absolute atomic E-state index is 0.0148. The van der Waals surface area contributed by atoms with Crippen molar-refractivity contribution in [1.29, 1.82) is 0 Å². The Bertz CT molecular complexity index is 918. The molecule has 0 aliphatic carbocycles. The van der Waals surface area contributed by atoms with E-state index in [1.807, 2.05) is 24.3 Å². The van der Waals surface area contributed by atoms with Crippen LogP contribution in [0.3, 0.4) is 0 Å². The third kappa shape index (κ3) is 9.32. The number of ether oxygens (including phenoxy) is 2. The van der Waals surface area contributed by atoms with Gasteiger partial charge >= 0.3 is 5.97 Å². The summed E-state index contributed by atoms with van der Waals surface area (Å²) >= 11 is 0. The molecule has 0 heterocycles. The average molecular weight is 501 g/mol. The minimum atomic E-state index is -3.42. The molecule has 2 unspecified atom stereocenters. The summed E-state index contributed by atoms with van der Waals surface area (Å²) < 4.78 is 35.2. The van der Waals surface area contributed by atoms with Crippen LogP contribution < -0.4 is 10.9 Å². The standard InChI is InChI=1S/C24H40N2O7S/c1-7-33-21(28)18(2)13-19-9-8-10-20(14-19)24(5,22(29)26-25-6)16-32-15-23(3,4)17-34(30,31)12-11-27/h8-10,14,18,25,27H,7,11-13,15-17H2,1-6H3,(H,26,29). The van der Waals surface area contributed by atoms with Crippen LogP contribution in [0, 0.1) is 11.3 Å². The lowest BCUT2D eigenvalue weighted by molar-refractivity contribution is -0.147. The molecule has 194 valence electrons. The first kappa shape index (κ1) is 30.0. The highest BCUT2D eigenvalue weighted by molar-refractivity contribution is 7.91. The van der Waals surface area contributed by atoms with E-state index in [0.29, 0.717) is 18.6 Å². The highest BCUT2D eigenvalue weighted by Crippen LogP contribution is 2.28. The van der Waals surface area contributed by atoms with Gasteiger partial charge in [0.25, 0.3) is 0 Å². The van der Waals surface area contributed by atoms with E-state index in [-0.39, 0.29) is 42.5 Å². The van der Waals surface area contributed by atoms with Crippen LogP contribution in [-0.4, -0.2) is 70.4 Å². The Morgan fingerprint density at radius 2 is 1.85 bits per heavy atom. The van der Waals surface area contributed by atoms with Crippen molar-refractivity contribution < 1.29 is 32.6 Å². The molecule has 0 aliphatic rings. The minimum Gasteiger partial charge on any atom is -0.466 e. The number of hydrogen-bond donors (Lipinski definition) is 3. The van der Waals surface area contributed by atoms with Crippen molar-refractivity contribution >= 4 is 21.7 Å². The SMILES string of the molecule is CCOC(=O)C(C)Cc1cccc(C(C)(COCC(C)(C)CS(=O)(=O)CCO)C(=O)NNC)c1. The van der Waals surface area contributed by atoms with E-state index in [1.165, 1.54) is 0 Å². The van der Waals surface area contributed by atoms with Crippen molar-refractivity contribution in [3.8, 4) is 0 Å². The number of hydrogen-bond acceptors (Lipinski definition) is 8. The Morgan fingerprint density at radius 3 is 2.44 bits per heavy atom. The quantitative estimate of drug-likeness (QED) is 0.243. The largest absolute Gasteiger partial charge is 0.466 e. The fourth-order valence-electron chi connectivity index (χ4n) is 3.67. The van der Waals surface area contributed by atoms with Crippen molar-refractivity contribution in [2.75, 3.05) is 45.0 Å². The number of aliphatic hydroxyl groups is 1. The molecule has 1 aromatic carbocycles. The van der Waals surface area contributed by atoms with Crippen LogP contribution in [0.5, 0.6) is 0 Å². The number of amides is 1. The third-order valence-electron chi connectivity index (χ3n) is 5.43. The Kier molecular flexibility index (Phi) is 11.6. The van der Waals surface area contributed by atoms with Gasteiger partial charge in [-0.05, 0) is 31.4 Å². The molecular weight excluding hydrogens is 460 g/mol. The monoisotopic (exact) mass is 500 g/mol. The van der Waals surface area contributed by atoms with Crippen LogP contribution in [0.25, 0.3) is 0 Å². The van der Waals surface area contributed by atoms with E-state index in [4.69, 9.17) is 14.6 Å². The molecule has 0 aromatic heterocycles. The Balaban J connectivity index is 3.06. The topological polar surface area (TPSA) is 131 Å². The summed E-state index contributed by atoms with van der Waals surface area (Å²) in [5.41, 5.74) is 5.08. The zero-order valence-corrected chi connectivity index (χ0v) is 22.0. The first-order chi connectivity index (χ1) is 15.8. The van der Waals surface area contributed by atoms with Crippen molar-refractivity contribution in [2.45, 2.75) is 46.5 Å². The van der Waals surface area contributed by atoms with E-state index in [9.17, 15) is 18.0 Å². The Morgan fingerprint density at radius 1 is 1.18 bits per heavy atom. The molecule has 1 amide bonds. The molecule has 0 saturated carbocycles. The van der Waals surface area contributed by atoms with Gasteiger partial charge in [0.1, 0.15) is 0 Å². The van der Waals surface area contributed by atoms with Crippen molar-refractivity contribution in [3.63, 3.8) is 0 Å². The van der Waals surface area contributed by atoms with E-state index in [2.05, 4.69) is 10.9 Å². The van der Waals surface area contributed by atoms with Gasteiger partial charge in [0.15, 0.2) is 9.84 Å². The molecule has 0 fully saturated rings. The van der Waals surface area contributed by atoms with E-state index in [1.54, 1.807) is 41.7 Å². The van der Waals surface area contributed by atoms with Gasteiger partial charge in [0.05, 0.1) is 49.3 Å². The molecule has 1 aromatic rings. The number of rotatable bonds is 15. The summed E-state index contributed by atoms with van der Waals surface area (Å²) in [4.78, 5) is 25.0. The van der Waals surface area contributed by atoms with Crippen LogP contribution >= 0.6 is 0 Å². The fourth-order valence-corrected chi connectivity index (χ4v) is 5.37. The van der Waals surface area contributed by atoms with Gasteiger partial charge in [-0.2, -0.15) is 0 Å². The zero-order chi connectivity index (χ0) is 26.0. The molecule has 1 rings (SSSR count). The maximum absolute atomic E-state index is 13.0. The summed E-state index contributed by atoms with van der Waals surface area (Å²) in [6.07, 6.45) is 0.465. The molecule has 9 nitrogen and oxygen atoms in total. The Labute approximate surface area is 203 Å². The van der Waals surface area contributed by atoms with E-state index >= 15 is 0 Å². The van der Waals surface area contributed by atoms with Gasteiger partial charge in [-0.25, -0.2) is 13.8 Å². The van der Waals surface area contributed by atoms with Crippen molar-refractivity contribution in [1.82, 2.24) is 10.9 Å². The zero-order valence-electron chi connectivity index (χ0n) is 21.1. The van der Waals surface area contributed by atoms with Crippen molar-refractivity contribution in [2.24, 2.45) is 11.3 Å². The first-order valence-corrected chi connectivity index (χ1v) is 13.2. The van der Waals surface area contributed by atoms with E-state index in [0.717, 1.165) is 5.56 Å². The summed E-state index contributed by atoms with van der Waals surface area (Å²) in [7, 11) is -1.83. The molecule has 2 atom stereocenters. The molecular formula is C24H40N2O7S. The van der Waals surface area contributed by atoms with Crippen LogP contribution in [-0.2, 0) is 40.7 Å². The maximum Gasteiger partial charge on any atom is 0.308 e. The number of esters is 1. The molecule has 0 aliphatic heterocycles. The number of carbonyl (C=O) groups is 2. The van der Waals surface area contributed by atoms with Gasteiger partial charge in [0.2, 0.25) is 5.91 Å². The number of sulfone groups is 1. The van der Waals surface area contributed by atoms with Crippen molar-refractivity contribution in [3.05, 3.63) is 35.4 Å². The number of benzene rings is 1. The molecule has 10 heteroatoms. The number of hydrazine groups is 1. The molecule has 0 saturated heterocycles. The smallest absolute Gasteiger partial charge is 0.308 e. The summed E-state index contributed by atoms with van der Waals surface area (Å²) in [5.74, 6) is -1.34. The maximum atomic E-state index is 13.0. The summed E-state index contributed by atoms with van der Waals surface area (Å²) in [6.45, 7) is 8.87. The fraction of sp³-hybridized carbons (Fsp3) is 0.667. The van der Waals surface area contributed by atoms with Gasteiger partial charge < -0.3 is 14.6 Å². The Hall–Kier alpha value is -2.01. The van der Waals surface area contributed by atoms with Crippen LogP contribution in [0.4, 0.5) is 0 Å². The van der Waals surface area contributed by atoms with Crippen LogP contribution in [0.2, 0.25) is 0 Å². The second-order valence-corrected chi connectivity index (χ2v) is 11.8. The lowest BCUT2D eigenvalue weighted by atomic mass is 9.81. The molecule has 3 N–H and O–H groups in total. The van der Waals surface area contributed by atoms with Gasteiger partial charge in [-0.3, -0.25) is 15.0 Å². The number of carbonyl (C=O) groups excluding carboxylic acids is 2. The molecule has 0 spiro atoms. The molecule has 0 radical (unpaired) electrons. The number of aliphatic hydroxyl groups excluding tert-OH is 1. The first-order valence-electron chi connectivity index (χ1n) is 11.4. The van der Waals surface area contributed by atoms with Crippen LogP contribution in [0.15, 0.2) is 24.3 Å². The number of nitrogens with one attached hydrogen (secondary N) is 2. The highest BCUT2D eigenvalue weighted by atomic mass is 32.2. The average Bonchev–Trinajstić information content (AvgIpc) is 2.73. The summed E-state index contributed by atoms with van der Waals surface area (Å²) in [6, 6.07) is 7.43. The normalized spacial score (nSPS) is 14.8. The predicted molar refractivity (Wildman–Crippen MR) is 131 cm³/mol. The van der Waals surface area contributed by atoms with Crippen LogP contribution in [0.1, 0.15) is 45.7 Å².